The first-order valence-corrected chi connectivity index (χ1v) is 10.9. The van der Waals surface area contributed by atoms with Gasteiger partial charge in [0.15, 0.2) is 0 Å². The summed E-state index contributed by atoms with van der Waals surface area (Å²) in [4.78, 5) is 25.0. The highest BCUT2D eigenvalue weighted by Gasteiger charge is 2.57. The van der Waals surface area contributed by atoms with Crippen LogP contribution in [0, 0.1) is 17.3 Å². The Morgan fingerprint density at radius 2 is 1.81 bits per heavy atom. The minimum absolute atomic E-state index is 0.0235. The Bertz CT molecular complexity index is 706. The van der Waals surface area contributed by atoms with Crippen LogP contribution in [-0.2, 0) is 16.1 Å². The molecular formula is C22H29BrN2O2. The zero-order valence-corrected chi connectivity index (χ0v) is 17.6. The second-order valence-electron chi connectivity index (χ2n) is 9.28. The second kappa shape index (κ2) is 7.23. The molecule has 3 atom stereocenters. The second-order valence-corrected chi connectivity index (χ2v) is 11.0. The highest BCUT2D eigenvalue weighted by Crippen LogP contribution is 2.65. The minimum Gasteiger partial charge on any atom is -0.350 e. The molecule has 0 radical (unpaired) electrons. The van der Waals surface area contributed by atoms with Crippen LogP contribution in [0.4, 0.5) is 0 Å². The number of carbonyl (C=O) groups is 2. The van der Waals surface area contributed by atoms with Gasteiger partial charge in [-0.1, -0.05) is 46.3 Å². The molecule has 4 saturated carbocycles. The van der Waals surface area contributed by atoms with Crippen LogP contribution < -0.4 is 10.6 Å². The molecule has 4 nitrogen and oxygen atoms in total. The van der Waals surface area contributed by atoms with E-state index in [0.29, 0.717) is 13.0 Å². The lowest BCUT2D eigenvalue weighted by atomic mass is 9.48. The fraction of sp³-hybridized carbons (Fsp3) is 0.636. The number of halogens is 1. The van der Waals surface area contributed by atoms with Crippen molar-refractivity contribution in [2.45, 2.75) is 68.8 Å². The molecular weight excluding hydrogens is 404 g/mol. The summed E-state index contributed by atoms with van der Waals surface area (Å²) >= 11 is 4.00. The van der Waals surface area contributed by atoms with E-state index in [1.165, 1.54) is 32.1 Å². The van der Waals surface area contributed by atoms with E-state index in [1.54, 1.807) is 6.92 Å². The van der Waals surface area contributed by atoms with Crippen molar-refractivity contribution in [3.05, 3.63) is 35.9 Å². The molecule has 3 unspecified atom stereocenters. The van der Waals surface area contributed by atoms with Crippen molar-refractivity contribution >= 4 is 27.7 Å². The van der Waals surface area contributed by atoms with Crippen molar-refractivity contribution in [3.63, 3.8) is 0 Å². The first-order chi connectivity index (χ1) is 12.8. The summed E-state index contributed by atoms with van der Waals surface area (Å²) in [5.74, 6) is 1.43. The molecule has 4 aliphatic rings. The lowest BCUT2D eigenvalue weighted by Crippen LogP contribution is -2.54. The Balaban J connectivity index is 1.29. The van der Waals surface area contributed by atoms with Gasteiger partial charge in [0.05, 0.1) is 0 Å². The molecule has 1 aromatic rings. The maximum Gasteiger partial charge on any atom is 0.242 e. The van der Waals surface area contributed by atoms with Crippen molar-refractivity contribution in [1.29, 1.82) is 0 Å². The average Bonchev–Trinajstić information content (AvgIpc) is 2.57. The molecule has 0 aromatic heterocycles. The summed E-state index contributed by atoms with van der Waals surface area (Å²) in [5.41, 5.74) is 1.19. The predicted octanol–water partition coefficient (Wildman–Crippen LogP) is 3.93. The molecule has 0 heterocycles. The van der Waals surface area contributed by atoms with Crippen molar-refractivity contribution in [1.82, 2.24) is 10.6 Å². The standard InChI is InChI=1S/C22H29BrN2O2/c1-15(20(27)24-13-16-5-3-2-4-6-16)25-19(26)12-21-8-17-7-18(9-21)11-22(23,10-17)14-21/h2-6,15,17-18H,7-14H2,1H3,(H,24,27)(H,25,26). The van der Waals surface area contributed by atoms with E-state index >= 15 is 0 Å². The van der Waals surface area contributed by atoms with Crippen LogP contribution in [0.5, 0.6) is 0 Å². The van der Waals surface area contributed by atoms with Crippen molar-refractivity contribution in [2.75, 3.05) is 0 Å². The lowest BCUT2D eigenvalue weighted by molar-refractivity contribution is -0.132. The van der Waals surface area contributed by atoms with Crippen LogP contribution in [-0.4, -0.2) is 22.2 Å². The van der Waals surface area contributed by atoms with Crippen LogP contribution in [0.1, 0.15) is 57.4 Å². The van der Waals surface area contributed by atoms with Gasteiger partial charge in [0.2, 0.25) is 11.8 Å². The molecule has 0 spiro atoms. The smallest absolute Gasteiger partial charge is 0.242 e. The largest absolute Gasteiger partial charge is 0.350 e. The molecule has 4 bridgehead atoms. The van der Waals surface area contributed by atoms with Gasteiger partial charge in [0, 0.05) is 17.3 Å². The molecule has 4 aliphatic carbocycles. The third kappa shape index (κ3) is 4.23. The van der Waals surface area contributed by atoms with Gasteiger partial charge in [-0.25, -0.2) is 0 Å². The van der Waals surface area contributed by atoms with Crippen LogP contribution in [0.25, 0.3) is 0 Å². The van der Waals surface area contributed by atoms with E-state index in [0.717, 1.165) is 23.8 Å². The van der Waals surface area contributed by atoms with Gasteiger partial charge in [0.25, 0.3) is 0 Å². The number of rotatable bonds is 6. The summed E-state index contributed by atoms with van der Waals surface area (Å²) in [6.07, 6.45) is 7.90. The van der Waals surface area contributed by atoms with E-state index in [-0.39, 0.29) is 21.6 Å². The summed E-state index contributed by atoms with van der Waals surface area (Å²) in [6.45, 7) is 2.25. The molecule has 5 rings (SSSR count). The first-order valence-electron chi connectivity index (χ1n) is 10.1. The van der Waals surface area contributed by atoms with Gasteiger partial charge in [-0.15, -0.1) is 0 Å². The summed E-state index contributed by atoms with van der Waals surface area (Å²) < 4.78 is 0.260. The highest BCUT2D eigenvalue weighted by atomic mass is 79.9. The van der Waals surface area contributed by atoms with Crippen LogP contribution in [0.2, 0.25) is 0 Å². The van der Waals surface area contributed by atoms with Crippen LogP contribution in [0.15, 0.2) is 30.3 Å². The number of alkyl halides is 1. The van der Waals surface area contributed by atoms with Gasteiger partial charge in [-0.2, -0.15) is 0 Å². The number of amides is 2. The molecule has 4 fully saturated rings. The maximum atomic E-state index is 12.7. The van der Waals surface area contributed by atoms with Crippen molar-refractivity contribution in [2.24, 2.45) is 17.3 Å². The topological polar surface area (TPSA) is 58.2 Å². The molecule has 2 amide bonds. The normalized spacial score (nSPS) is 34.9. The van der Waals surface area contributed by atoms with Crippen molar-refractivity contribution < 1.29 is 9.59 Å². The first kappa shape index (κ1) is 19.0. The monoisotopic (exact) mass is 432 g/mol. The number of nitrogens with one attached hydrogen (secondary N) is 2. The third-order valence-electron chi connectivity index (χ3n) is 6.73. The van der Waals surface area contributed by atoms with E-state index < -0.39 is 6.04 Å². The van der Waals surface area contributed by atoms with E-state index in [9.17, 15) is 9.59 Å². The summed E-state index contributed by atoms with van der Waals surface area (Å²) in [5, 5.41) is 5.85. The fourth-order valence-electron chi connectivity index (χ4n) is 6.18. The number of benzene rings is 1. The zero-order chi connectivity index (χ0) is 19.1. The highest BCUT2D eigenvalue weighted by molar-refractivity contribution is 9.10. The Morgan fingerprint density at radius 1 is 1.15 bits per heavy atom. The Morgan fingerprint density at radius 3 is 2.44 bits per heavy atom. The number of hydrogen-bond acceptors (Lipinski definition) is 2. The average molecular weight is 433 g/mol. The van der Waals surface area contributed by atoms with Gasteiger partial charge < -0.3 is 10.6 Å². The van der Waals surface area contributed by atoms with Gasteiger partial charge >= 0.3 is 0 Å². The van der Waals surface area contributed by atoms with E-state index in [2.05, 4.69) is 26.6 Å². The van der Waals surface area contributed by atoms with Gasteiger partial charge in [-0.3, -0.25) is 9.59 Å². The Labute approximate surface area is 170 Å². The zero-order valence-electron chi connectivity index (χ0n) is 16.0. The molecule has 146 valence electrons. The predicted molar refractivity (Wildman–Crippen MR) is 109 cm³/mol. The quantitative estimate of drug-likeness (QED) is 0.668. The van der Waals surface area contributed by atoms with Gasteiger partial charge in [0.1, 0.15) is 6.04 Å². The van der Waals surface area contributed by atoms with E-state index in [1.807, 2.05) is 30.3 Å². The van der Waals surface area contributed by atoms with Crippen LogP contribution in [0.3, 0.4) is 0 Å². The molecule has 2 N–H and O–H groups in total. The lowest BCUT2D eigenvalue weighted by Gasteiger charge is -2.60. The van der Waals surface area contributed by atoms with Gasteiger partial charge in [-0.05, 0) is 68.3 Å². The van der Waals surface area contributed by atoms with Crippen molar-refractivity contribution in [3.8, 4) is 0 Å². The molecule has 27 heavy (non-hydrogen) atoms. The van der Waals surface area contributed by atoms with E-state index in [4.69, 9.17) is 0 Å². The Kier molecular flexibility index (Phi) is 5.08. The number of carbonyl (C=O) groups excluding carboxylic acids is 2. The molecule has 5 heteroatoms. The number of hydrogen-bond donors (Lipinski definition) is 2. The maximum absolute atomic E-state index is 12.7. The minimum atomic E-state index is -0.506. The Hall–Kier alpha value is -1.36. The summed E-state index contributed by atoms with van der Waals surface area (Å²) in [7, 11) is 0. The summed E-state index contributed by atoms with van der Waals surface area (Å²) in [6, 6.07) is 9.31. The fourth-order valence-corrected chi connectivity index (χ4v) is 7.69. The molecule has 1 aromatic carbocycles. The van der Waals surface area contributed by atoms with Crippen LogP contribution >= 0.6 is 15.9 Å². The molecule has 0 saturated heterocycles. The SMILES string of the molecule is CC(NC(=O)CC12CC3CC(CC(Br)(C3)C1)C2)C(=O)NCc1ccccc1. The third-order valence-corrected chi connectivity index (χ3v) is 7.65. The molecule has 0 aliphatic heterocycles.